The van der Waals surface area contributed by atoms with Gasteiger partial charge in [0.25, 0.3) is 0 Å². The molecule has 3 N–H and O–H groups in total. The molecule has 14 heteroatoms. The fourth-order valence-electron chi connectivity index (χ4n) is 6.46. The van der Waals surface area contributed by atoms with E-state index in [0.717, 1.165) is 12.8 Å². The van der Waals surface area contributed by atoms with Gasteiger partial charge in [0, 0.05) is 39.4 Å². The second-order valence-electron chi connectivity index (χ2n) is 12.8. The third kappa shape index (κ3) is 11.3. The predicted molar refractivity (Wildman–Crippen MR) is 185 cm³/mol. The molecule has 0 aliphatic carbocycles. The maximum atomic E-state index is 13.9. The average molecular weight is 719 g/mol. The minimum atomic E-state index is -0.589. The molecule has 272 valence electrons. The summed E-state index contributed by atoms with van der Waals surface area (Å²) < 4.78 is 25.5. The van der Waals surface area contributed by atoms with E-state index in [1.807, 2.05) is 20.8 Å². The number of amides is 4. The molecule has 6 unspecified atom stereocenters. The quantitative estimate of drug-likeness (QED) is 0.186. The van der Waals surface area contributed by atoms with Crippen molar-refractivity contribution in [3.63, 3.8) is 0 Å². The average Bonchev–Trinajstić information content (AvgIpc) is 3.53. The molecule has 1 aromatic carbocycles. The largest absolute Gasteiger partial charge is 0.379 e. The standard InChI is InChI=1S/C34H54Cl2FN5O6/c1-9-11-26(41(6)30(44)19-40-34(46)31(38-5)20(2)3)28(47-7)18-29(43)42-15-10-12-27(42)32(48-8)21(4)33(45)39-14-13-22-16-25(37)24(36)17-23(22)35/h16-17,20-21,26-28,31-32,38H,9-15,18-19H2,1-8H3,(H,39,45)(H,40,46). The number of benzene rings is 1. The SMILES string of the molecule is CCCC(C(CC(=O)N1CCCC1C(OC)C(C)C(=O)NCCc1cc(F)c(Cl)cc1Cl)OC)N(C)C(=O)CNC(=O)C(NC)C(C)C. The Kier molecular flexibility index (Phi) is 17.6. The maximum Gasteiger partial charge on any atom is 0.242 e. The molecule has 0 bridgehead atoms. The topological polar surface area (TPSA) is 129 Å². The summed E-state index contributed by atoms with van der Waals surface area (Å²) >= 11 is 12.0. The van der Waals surface area contributed by atoms with Crippen LogP contribution in [0.4, 0.5) is 4.39 Å². The van der Waals surface area contributed by atoms with Crippen molar-refractivity contribution in [1.82, 2.24) is 25.8 Å². The van der Waals surface area contributed by atoms with Crippen molar-refractivity contribution in [3.05, 3.63) is 33.6 Å². The highest BCUT2D eigenvalue weighted by atomic mass is 35.5. The first-order valence-electron chi connectivity index (χ1n) is 16.7. The molecule has 1 aliphatic rings. The Morgan fingerprint density at radius 2 is 1.75 bits per heavy atom. The van der Waals surface area contributed by atoms with Gasteiger partial charge in [-0.25, -0.2) is 4.39 Å². The molecule has 0 saturated carbocycles. The number of halogens is 3. The van der Waals surface area contributed by atoms with Crippen molar-refractivity contribution < 1.29 is 33.0 Å². The third-order valence-electron chi connectivity index (χ3n) is 9.22. The number of likely N-dealkylation sites (N-methyl/N-ethyl adjacent to an activating group) is 2. The molecule has 4 amide bonds. The van der Waals surface area contributed by atoms with Gasteiger partial charge in [-0.3, -0.25) is 19.2 Å². The molecule has 1 saturated heterocycles. The minimum Gasteiger partial charge on any atom is -0.379 e. The first-order valence-corrected chi connectivity index (χ1v) is 17.4. The predicted octanol–water partition coefficient (Wildman–Crippen LogP) is 3.83. The van der Waals surface area contributed by atoms with Crippen molar-refractivity contribution in [2.75, 3.05) is 47.9 Å². The third-order valence-corrected chi connectivity index (χ3v) is 9.86. The van der Waals surface area contributed by atoms with E-state index in [2.05, 4.69) is 16.0 Å². The van der Waals surface area contributed by atoms with Crippen molar-refractivity contribution in [1.29, 1.82) is 0 Å². The monoisotopic (exact) mass is 717 g/mol. The van der Waals surface area contributed by atoms with Crippen LogP contribution in [0.15, 0.2) is 12.1 Å². The number of carbonyl (C=O) groups is 4. The van der Waals surface area contributed by atoms with Gasteiger partial charge in [0.2, 0.25) is 23.6 Å². The summed E-state index contributed by atoms with van der Waals surface area (Å²) in [5.41, 5.74) is 0.530. The lowest BCUT2D eigenvalue weighted by atomic mass is 9.94. The van der Waals surface area contributed by atoms with Crippen LogP contribution in [-0.4, -0.2) is 112 Å². The Morgan fingerprint density at radius 1 is 1.06 bits per heavy atom. The fraction of sp³-hybridized carbons (Fsp3) is 0.706. The number of nitrogens with one attached hydrogen (secondary N) is 3. The lowest BCUT2D eigenvalue weighted by Gasteiger charge is -2.37. The van der Waals surface area contributed by atoms with E-state index in [4.69, 9.17) is 32.7 Å². The zero-order chi connectivity index (χ0) is 36.1. The second kappa shape index (κ2) is 20.2. The summed E-state index contributed by atoms with van der Waals surface area (Å²) in [7, 11) is 6.43. The van der Waals surface area contributed by atoms with Crippen LogP contribution in [0.1, 0.15) is 65.4 Å². The zero-order valence-corrected chi connectivity index (χ0v) is 31.0. The van der Waals surface area contributed by atoms with E-state index in [1.165, 1.54) is 26.4 Å². The van der Waals surface area contributed by atoms with E-state index in [-0.39, 0.29) is 60.1 Å². The van der Waals surface area contributed by atoms with E-state index >= 15 is 0 Å². The summed E-state index contributed by atoms with van der Waals surface area (Å²) in [4.78, 5) is 56.1. The smallest absolute Gasteiger partial charge is 0.242 e. The normalized spacial score (nSPS) is 17.8. The Hall–Kier alpha value is -2.51. The first-order chi connectivity index (χ1) is 22.7. The molecule has 0 aromatic heterocycles. The van der Waals surface area contributed by atoms with Crippen molar-refractivity contribution >= 4 is 46.8 Å². The molecule has 1 fully saturated rings. The molecule has 0 spiro atoms. The van der Waals surface area contributed by atoms with E-state index in [0.29, 0.717) is 36.4 Å². The first kappa shape index (κ1) is 41.7. The molecule has 2 rings (SSSR count). The number of methoxy groups -OCH3 is 2. The highest BCUT2D eigenvalue weighted by Gasteiger charge is 2.41. The van der Waals surface area contributed by atoms with Crippen molar-refractivity contribution in [2.24, 2.45) is 11.8 Å². The van der Waals surface area contributed by atoms with Crippen LogP contribution >= 0.6 is 23.2 Å². The van der Waals surface area contributed by atoms with Gasteiger partial charge in [-0.1, -0.05) is 57.3 Å². The van der Waals surface area contributed by atoms with Gasteiger partial charge < -0.3 is 35.2 Å². The number of hydrogen-bond donors (Lipinski definition) is 3. The molecule has 48 heavy (non-hydrogen) atoms. The molecule has 1 aliphatic heterocycles. The molecule has 6 atom stereocenters. The zero-order valence-electron chi connectivity index (χ0n) is 29.5. The molecule has 1 heterocycles. The summed E-state index contributed by atoms with van der Waals surface area (Å²) in [6.07, 6.45) is 1.96. The Morgan fingerprint density at radius 3 is 2.33 bits per heavy atom. The number of rotatable bonds is 19. The number of hydrogen-bond acceptors (Lipinski definition) is 7. The van der Waals surface area contributed by atoms with Crippen LogP contribution in [0.2, 0.25) is 10.0 Å². The Bertz CT molecular complexity index is 1240. The second-order valence-corrected chi connectivity index (χ2v) is 13.6. The molecule has 11 nitrogen and oxygen atoms in total. The van der Waals surface area contributed by atoms with Gasteiger partial charge >= 0.3 is 0 Å². The summed E-state index contributed by atoms with van der Waals surface area (Å²) in [6, 6.07) is 1.45. The van der Waals surface area contributed by atoms with Crippen LogP contribution in [0, 0.1) is 17.7 Å². The Labute approximate surface area is 294 Å². The Balaban J connectivity index is 2.06. The lowest BCUT2D eigenvalue weighted by molar-refractivity contribution is -0.144. The molecule has 0 radical (unpaired) electrons. The van der Waals surface area contributed by atoms with Gasteiger partial charge in [-0.05, 0) is 56.3 Å². The van der Waals surface area contributed by atoms with E-state index < -0.39 is 36.0 Å². The highest BCUT2D eigenvalue weighted by Crippen LogP contribution is 2.29. The molecular weight excluding hydrogens is 664 g/mol. The number of ether oxygens (including phenoxy) is 2. The molecule has 1 aromatic rings. The van der Waals surface area contributed by atoms with Gasteiger partial charge in [-0.15, -0.1) is 0 Å². The number of nitrogens with zero attached hydrogens (tertiary/aromatic N) is 2. The summed E-state index contributed by atoms with van der Waals surface area (Å²) in [6.45, 7) is 8.17. The van der Waals surface area contributed by atoms with Gasteiger partial charge in [-0.2, -0.15) is 0 Å². The van der Waals surface area contributed by atoms with Crippen LogP contribution in [0.25, 0.3) is 0 Å². The highest BCUT2D eigenvalue weighted by molar-refractivity contribution is 6.35. The minimum absolute atomic E-state index is 0.0340. The van der Waals surface area contributed by atoms with Gasteiger partial charge in [0.15, 0.2) is 0 Å². The summed E-state index contributed by atoms with van der Waals surface area (Å²) in [5.74, 6) is -2.06. The van der Waals surface area contributed by atoms with Crippen LogP contribution in [0.3, 0.4) is 0 Å². The van der Waals surface area contributed by atoms with Crippen LogP contribution < -0.4 is 16.0 Å². The van der Waals surface area contributed by atoms with Crippen molar-refractivity contribution in [3.8, 4) is 0 Å². The van der Waals surface area contributed by atoms with Gasteiger partial charge in [0.05, 0.1) is 54.2 Å². The number of likely N-dealkylation sites (tertiary alicyclic amines) is 1. The maximum absolute atomic E-state index is 13.9. The van der Waals surface area contributed by atoms with Gasteiger partial charge in [0.1, 0.15) is 5.82 Å². The van der Waals surface area contributed by atoms with E-state index in [1.54, 1.807) is 30.8 Å². The van der Waals surface area contributed by atoms with E-state index in [9.17, 15) is 23.6 Å². The van der Waals surface area contributed by atoms with Crippen molar-refractivity contribution in [2.45, 2.75) is 96.6 Å². The number of carbonyl (C=O) groups excluding carboxylic acids is 4. The molecular formula is C34H54Cl2FN5O6. The van der Waals surface area contributed by atoms with Crippen LogP contribution in [-0.2, 0) is 35.1 Å². The fourth-order valence-corrected chi connectivity index (χ4v) is 6.94. The lowest BCUT2D eigenvalue weighted by Crippen LogP contribution is -2.53. The summed E-state index contributed by atoms with van der Waals surface area (Å²) in [5, 5.41) is 8.83. The van der Waals surface area contributed by atoms with Crippen LogP contribution in [0.5, 0.6) is 0 Å².